The van der Waals surface area contributed by atoms with Crippen LogP contribution < -0.4 is 15.5 Å². The van der Waals surface area contributed by atoms with Crippen LogP contribution in [-0.2, 0) is 4.74 Å². The fraction of sp³-hybridized carbons (Fsp3) is 0.368. The Morgan fingerprint density at radius 2 is 1.93 bits per heavy atom. The predicted octanol–water partition coefficient (Wildman–Crippen LogP) is 1.32. The fourth-order valence-electron chi connectivity index (χ4n) is 3.34. The Bertz CT molecular complexity index is 1100. The number of carbonyl (C=O) groups is 2. The number of imidazole rings is 1. The SMILES string of the molecule is CNC(=O)O[C@@H]1CCN(c2ncc(C(=O)Nc3cn4cc(C)nc4c(C)n3)cn2)C1. The van der Waals surface area contributed by atoms with Gasteiger partial charge in [0.15, 0.2) is 5.65 Å². The number of nitrogens with one attached hydrogen (secondary N) is 2. The molecule has 4 rings (SSSR count). The lowest BCUT2D eigenvalue weighted by molar-refractivity contribution is 0.102. The smallest absolute Gasteiger partial charge is 0.407 e. The van der Waals surface area contributed by atoms with Crippen LogP contribution in [0.2, 0.25) is 0 Å². The Morgan fingerprint density at radius 3 is 2.67 bits per heavy atom. The molecule has 0 spiro atoms. The molecule has 3 aromatic heterocycles. The van der Waals surface area contributed by atoms with E-state index < -0.39 is 6.09 Å². The topological polar surface area (TPSA) is 127 Å². The van der Waals surface area contributed by atoms with Gasteiger partial charge in [-0.05, 0) is 13.8 Å². The van der Waals surface area contributed by atoms with Crippen molar-refractivity contribution in [3.05, 3.63) is 41.7 Å². The molecule has 1 fully saturated rings. The van der Waals surface area contributed by atoms with Gasteiger partial charge in [0.25, 0.3) is 5.91 Å². The number of aryl methyl sites for hydroxylation is 2. The molecule has 4 heterocycles. The Hall–Kier alpha value is -3.76. The summed E-state index contributed by atoms with van der Waals surface area (Å²) in [6, 6.07) is 0. The predicted molar refractivity (Wildman–Crippen MR) is 109 cm³/mol. The van der Waals surface area contributed by atoms with Gasteiger partial charge in [0.05, 0.1) is 29.7 Å². The number of anilines is 2. The minimum absolute atomic E-state index is 0.215. The van der Waals surface area contributed by atoms with Crippen LogP contribution in [0.5, 0.6) is 0 Å². The monoisotopic (exact) mass is 410 g/mol. The molecule has 0 bridgehead atoms. The second-order valence-electron chi connectivity index (χ2n) is 7.06. The third-order valence-corrected chi connectivity index (χ3v) is 4.77. The van der Waals surface area contributed by atoms with Crippen LogP contribution >= 0.6 is 0 Å². The number of nitrogens with zero attached hydrogens (tertiary/aromatic N) is 6. The summed E-state index contributed by atoms with van der Waals surface area (Å²) in [7, 11) is 1.52. The molecule has 1 aliphatic heterocycles. The molecule has 0 unspecified atom stereocenters. The number of hydrogen-bond donors (Lipinski definition) is 2. The molecule has 11 heteroatoms. The van der Waals surface area contributed by atoms with E-state index in [0.717, 1.165) is 17.0 Å². The van der Waals surface area contributed by atoms with Gasteiger partial charge < -0.3 is 24.7 Å². The molecule has 30 heavy (non-hydrogen) atoms. The summed E-state index contributed by atoms with van der Waals surface area (Å²) in [5.41, 5.74) is 2.66. The van der Waals surface area contributed by atoms with Crippen molar-refractivity contribution in [1.29, 1.82) is 0 Å². The molecule has 156 valence electrons. The summed E-state index contributed by atoms with van der Waals surface area (Å²) < 4.78 is 7.09. The van der Waals surface area contributed by atoms with Gasteiger partial charge in [-0.15, -0.1) is 0 Å². The first kappa shape index (κ1) is 19.6. The maximum absolute atomic E-state index is 12.6. The van der Waals surface area contributed by atoms with Crippen molar-refractivity contribution in [3.63, 3.8) is 0 Å². The number of carbonyl (C=O) groups excluding carboxylic acids is 2. The molecule has 0 saturated carbocycles. The molecule has 0 aliphatic carbocycles. The number of ether oxygens (including phenoxy) is 1. The lowest BCUT2D eigenvalue weighted by Gasteiger charge is -2.16. The normalized spacial score (nSPS) is 16.0. The van der Waals surface area contributed by atoms with Crippen molar-refractivity contribution in [3.8, 4) is 0 Å². The first-order chi connectivity index (χ1) is 14.4. The number of rotatable bonds is 4. The van der Waals surface area contributed by atoms with E-state index in [1.165, 1.54) is 19.4 Å². The Kier molecular flexibility index (Phi) is 5.17. The second kappa shape index (κ2) is 7.93. The molecule has 2 amide bonds. The van der Waals surface area contributed by atoms with E-state index in [0.29, 0.717) is 36.8 Å². The highest BCUT2D eigenvalue weighted by molar-refractivity contribution is 6.03. The zero-order valence-corrected chi connectivity index (χ0v) is 16.9. The van der Waals surface area contributed by atoms with Gasteiger partial charge in [-0.25, -0.2) is 24.7 Å². The zero-order valence-electron chi connectivity index (χ0n) is 16.9. The van der Waals surface area contributed by atoms with Crippen molar-refractivity contribution >= 4 is 29.4 Å². The number of aromatic nitrogens is 5. The lowest BCUT2D eigenvalue weighted by atomic mass is 10.3. The van der Waals surface area contributed by atoms with Crippen LogP contribution in [0.25, 0.3) is 5.65 Å². The van der Waals surface area contributed by atoms with Crippen molar-refractivity contribution in [2.24, 2.45) is 0 Å². The van der Waals surface area contributed by atoms with Gasteiger partial charge in [0.1, 0.15) is 11.9 Å². The summed E-state index contributed by atoms with van der Waals surface area (Å²) >= 11 is 0. The molecule has 0 radical (unpaired) electrons. The molecular weight excluding hydrogens is 388 g/mol. The van der Waals surface area contributed by atoms with Gasteiger partial charge in [-0.3, -0.25) is 4.79 Å². The van der Waals surface area contributed by atoms with Gasteiger partial charge in [-0.2, -0.15) is 0 Å². The van der Waals surface area contributed by atoms with Gasteiger partial charge in [0.2, 0.25) is 5.95 Å². The number of hydrogen-bond acceptors (Lipinski definition) is 8. The van der Waals surface area contributed by atoms with E-state index >= 15 is 0 Å². The standard InChI is InChI=1S/C19H22N8O3/c1-11-8-27-10-15(24-12(2)16(27)23-11)25-17(28)13-6-21-18(22-7-13)26-5-4-14(9-26)30-19(29)20-3/h6-8,10,14H,4-5,9H2,1-3H3,(H,20,29)(H,25,28)/t14-/m1/s1. The molecule has 1 atom stereocenters. The third-order valence-electron chi connectivity index (χ3n) is 4.77. The number of fused-ring (bicyclic) bond motifs is 1. The average molecular weight is 410 g/mol. The van der Waals surface area contributed by atoms with Crippen LogP contribution in [0.4, 0.5) is 16.6 Å². The minimum atomic E-state index is -0.456. The summed E-state index contributed by atoms with van der Waals surface area (Å²) in [4.78, 5) is 43.2. The molecular formula is C19H22N8O3. The maximum Gasteiger partial charge on any atom is 0.407 e. The first-order valence-corrected chi connectivity index (χ1v) is 9.52. The van der Waals surface area contributed by atoms with E-state index in [2.05, 4.69) is 30.6 Å². The van der Waals surface area contributed by atoms with Gasteiger partial charge >= 0.3 is 6.09 Å². The quantitative estimate of drug-likeness (QED) is 0.659. The Labute approximate surface area is 172 Å². The summed E-state index contributed by atoms with van der Waals surface area (Å²) in [5, 5.41) is 5.20. The molecule has 1 saturated heterocycles. The molecule has 2 N–H and O–H groups in total. The van der Waals surface area contributed by atoms with Crippen LogP contribution in [0.3, 0.4) is 0 Å². The van der Waals surface area contributed by atoms with Crippen LogP contribution in [0.15, 0.2) is 24.8 Å². The highest BCUT2D eigenvalue weighted by Crippen LogP contribution is 2.19. The maximum atomic E-state index is 12.6. The third kappa shape index (κ3) is 4.00. The van der Waals surface area contributed by atoms with Gasteiger partial charge in [0, 0.05) is 38.6 Å². The number of alkyl carbamates (subject to hydrolysis) is 1. The average Bonchev–Trinajstić information content (AvgIpc) is 3.34. The largest absolute Gasteiger partial charge is 0.444 e. The van der Waals surface area contributed by atoms with E-state index in [4.69, 9.17) is 4.74 Å². The highest BCUT2D eigenvalue weighted by Gasteiger charge is 2.27. The summed E-state index contributed by atoms with van der Waals surface area (Å²) in [6.45, 7) is 4.91. The van der Waals surface area contributed by atoms with Crippen molar-refractivity contribution in [1.82, 2.24) is 29.7 Å². The molecule has 1 aliphatic rings. The molecule has 0 aromatic carbocycles. The number of amides is 2. The van der Waals surface area contributed by atoms with Crippen LogP contribution in [-0.4, -0.2) is 62.6 Å². The van der Waals surface area contributed by atoms with E-state index in [1.807, 2.05) is 29.3 Å². The molecule has 3 aromatic rings. The van der Waals surface area contributed by atoms with Crippen LogP contribution in [0.1, 0.15) is 28.2 Å². The fourth-order valence-corrected chi connectivity index (χ4v) is 3.34. The highest BCUT2D eigenvalue weighted by atomic mass is 16.6. The Morgan fingerprint density at radius 1 is 1.17 bits per heavy atom. The summed E-state index contributed by atoms with van der Waals surface area (Å²) in [5.74, 6) is 0.547. The van der Waals surface area contributed by atoms with E-state index in [-0.39, 0.29) is 12.0 Å². The zero-order chi connectivity index (χ0) is 21.3. The summed E-state index contributed by atoms with van der Waals surface area (Å²) in [6.07, 6.45) is 6.55. The first-order valence-electron chi connectivity index (χ1n) is 9.52. The second-order valence-corrected chi connectivity index (χ2v) is 7.06. The minimum Gasteiger partial charge on any atom is -0.444 e. The van der Waals surface area contributed by atoms with E-state index in [9.17, 15) is 9.59 Å². The van der Waals surface area contributed by atoms with Crippen molar-refractivity contribution in [2.45, 2.75) is 26.4 Å². The van der Waals surface area contributed by atoms with Gasteiger partial charge in [-0.1, -0.05) is 0 Å². The Balaban J connectivity index is 1.42. The van der Waals surface area contributed by atoms with Crippen LogP contribution in [0, 0.1) is 13.8 Å². The van der Waals surface area contributed by atoms with Crippen molar-refractivity contribution in [2.75, 3.05) is 30.4 Å². The van der Waals surface area contributed by atoms with E-state index in [1.54, 1.807) is 6.20 Å². The lowest BCUT2D eigenvalue weighted by Crippen LogP contribution is -2.29. The van der Waals surface area contributed by atoms with Crippen molar-refractivity contribution < 1.29 is 14.3 Å². The molecule has 11 nitrogen and oxygen atoms in total.